The minimum absolute atomic E-state index is 0.425. The van der Waals surface area contributed by atoms with Crippen molar-refractivity contribution in [2.24, 2.45) is 4.99 Å². The van der Waals surface area contributed by atoms with Crippen LogP contribution in [0, 0.1) is 19.3 Å². The van der Waals surface area contributed by atoms with Gasteiger partial charge in [-0.3, -0.25) is 4.99 Å². The van der Waals surface area contributed by atoms with Gasteiger partial charge in [-0.25, -0.2) is 0 Å². The predicted octanol–water partition coefficient (Wildman–Crippen LogP) is 1.90. The maximum absolute atomic E-state index is 5.20. The highest BCUT2D eigenvalue weighted by atomic mass is 15.2. The summed E-state index contributed by atoms with van der Waals surface area (Å²) in [7, 11) is 1.74. The van der Waals surface area contributed by atoms with Crippen molar-refractivity contribution < 1.29 is 0 Å². The Balaban J connectivity index is 2.50. The Morgan fingerprint density at radius 1 is 1.44 bits per heavy atom. The van der Waals surface area contributed by atoms with Gasteiger partial charge in [0, 0.05) is 13.6 Å². The lowest BCUT2D eigenvalue weighted by Crippen LogP contribution is -2.39. The highest BCUT2D eigenvalue weighted by molar-refractivity contribution is 5.79. The lowest BCUT2D eigenvalue weighted by atomic mass is 9.99. The largest absolute Gasteiger partial charge is 0.356 e. The highest BCUT2D eigenvalue weighted by Crippen LogP contribution is 2.15. The molecule has 0 bridgehead atoms. The van der Waals surface area contributed by atoms with E-state index in [1.807, 2.05) is 0 Å². The van der Waals surface area contributed by atoms with E-state index >= 15 is 0 Å². The first-order chi connectivity index (χ1) is 8.67. The molecule has 0 saturated carbocycles. The number of guanidine groups is 1. The standard InChI is InChI=1S/C15H21N3/c1-5-9-17-15(16-4)18-11-13(3)14-8-6-7-12(2)10-14/h1,6-8,10,13H,9,11H2,2-4H3,(H2,16,17,18). The fourth-order valence-electron chi connectivity index (χ4n) is 1.70. The van der Waals surface area contributed by atoms with Crippen LogP contribution in [0.15, 0.2) is 29.3 Å². The van der Waals surface area contributed by atoms with Crippen molar-refractivity contribution in [3.63, 3.8) is 0 Å². The van der Waals surface area contributed by atoms with E-state index in [4.69, 9.17) is 6.42 Å². The summed E-state index contributed by atoms with van der Waals surface area (Å²) in [5.74, 6) is 3.70. The van der Waals surface area contributed by atoms with E-state index in [-0.39, 0.29) is 0 Å². The first kappa shape index (κ1) is 14.1. The van der Waals surface area contributed by atoms with Crippen LogP contribution >= 0.6 is 0 Å². The highest BCUT2D eigenvalue weighted by Gasteiger charge is 2.06. The molecule has 0 aromatic heterocycles. The molecule has 2 N–H and O–H groups in total. The van der Waals surface area contributed by atoms with Gasteiger partial charge in [-0.1, -0.05) is 42.7 Å². The van der Waals surface area contributed by atoms with Gasteiger partial charge in [-0.05, 0) is 18.4 Å². The molecular formula is C15H21N3. The second kappa shape index (κ2) is 7.39. The van der Waals surface area contributed by atoms with Gasteiger partial charge in [-0.15, -0.1) is 6.42 Å². The first-order valence-corrected chi connectivity index (χ1v) is 6.12. The minimum Gasteiger partial charge on any atom is -0.356 e. The average molecular weight is 243 g/mol. The summed E-state index contributed by atoms with van der Waals surface area (Å²) < 4.78 is 0. The summed E-state index contributed by atoms with van der Waals surface area (Å²) in [5, 5.41) is 6.31. The zero-order chi connectivity index (χ0) is 13.4. The van der Waals surface area contributed by atoms with Crippen LogP contribution < -0.4 is 10.6 Å². The van der Waals surface area contributed by atoms with E-state index in [2.05, 4.69) is 59.7 Å². The normalized spacial score (nSPS) is 12.7. The summed E-state index contributed by atoms with van der Waals surface area (Å²) in [6, 6.07) is 8.56. The molecule has 3 nitrogen and oxygen atoms in total. The molecule has 1 unspecified atom stereocenters. The van der Waals surface area contributed by atoms with E-state index in [1.54, 1.807) is 7.05 Å². The van der Waals surface area contributed by atoms with Crippen molar-refractivity contribution in [2.45, 2.75) is 19.8 Å². The number of nitrogens with one attached hydrogen (secondary N) is 2. The fraction of sp³-hybridized carbons (Fsp3) is 0.400. The third-order valence-electron chi connectivity index (χ3n) is 2.77. The third-order valence-corrected chi connectivity index (χ3v) is 2.77. The fourth-order valence-corrected chi connectivity index (χ4v) is 1.70. The Kier molecular flexibility index (Phi) is 5.79. The van der Waals surface area contributed by atoms with Crippen LogP contribution in [-0.4, -0.2) is 26.1 Å². The van der Waals surface area contributed by atoms with Crippen LogP contribution in [0.25, 0.3) is 0 Å². The summed E-state index contributed by atoms with van der Waals surface area (Å²) in [5.41, 5.74) is 2.61. The summed E-state index contributed by atoms with van der Waals surface area (Å²) in [4.78, 5) is 4.11. The number of hydrogen-bond acceptors (Lipinski definition) is 1. The Morgan fingerprint density at radius 2 is 2.22 bits per heavy atom. The Labute approximate surface area is 110 Å². The van der Waals surface area contributed by atoms with Crippen LogP contribution in [0.3, 0.4) is 0 Å². The van der Waals surface area contributed by atoms with Crippen LogP contribution in [0.2, 0.25) is 0 Å². The van der Waals surface area contributed by atoms with Crippen LogP contribution in [0.1, 0.15) is 24.0 Å². The molecule has 96 valence electrons. The quantitative estimate of drug-likeness (QED) is 0.481. The van der Waals surface area contributed by atoms with Gasteiger partial charge in [0.25, 0.3) is 0 Å². The van der Waals surface area contributed by atoms with Gasteiger partial charge in [-0.2, -0.15) is 0 Å². The van der Waals surface area contributed by atoms with Crippen molar-refractivity contribution in [1.82, 2.24) is 10.6 Å². The number of nitrogens with zero attached hydrogens (tertiary/aromatic N) is 1. The molecule has 0 saturated heterocycles. The lowest BCUT2D eigenvalue weighted by Gasteiger charge is -2.16. The van der Waals surface area contributed by atoms with Crippen molar-refractivity contribution in [3.05, 3.63) is 35.4 Å². The minimum atomic E-state index is 0.425. The summed E-state index contributed by atoms with van der Waals surface area (Å²) >= 11 is 0. The molecule has 1 aromatic carbocycles. The van der Waals surface area contributed by atoms with Crippen LogP contribution in [0.4, 0.5) is 0 Å². The second-order valence-corrected chi connectivity index (χ2v) is 4.33. The molecular weight excluding hydrogens is 222 g/mol. The zero-order valence-corrected chi connectivity index (χ0v) is 11.3. The number of hydrogen-bond donors (Lipinski definition) is 2. The Morgan fingerprint density at radius 3 is 2.83 bits per heavy atom. The van der Waals surface area contributed by atoms with Crippen LogP contribution in [-0.2, 0) is 0 Å². The predicted molar refractivity (Wildman–Crippen MR) is 77.8 cm³/mol. The number of rotatable bonds is 4. The monoisotopic (exact) mass is 243 g/mol. The van der Waals surface area contributed by atoms with Crippen molar-refractivity contribution >= 4 is 5.96 Å². The zero-order valence-electron chi connectivity index (χ0n) is 11.3. The van der Waals surface area contributed by atoms with Gasteiger partial charge < -0.3 is 10.6 Å². The van der Waals surface area contributed by atoms with Gasteiger partial charge >= 0.3 is 0 Å². The average Bonchev–Trinajstić information content (AvgIpc) is 2.38. The van der Waals surface area contributed by atoms with E-state index in [1.165, 1.54) is 11.1 Å². The molecule has 1 aromatic rings. The molecule has 0 heterocycles. The maximum Gasteiger partial charge on any atom is 0.191 e. The molecule has 0 aliphatic carbocycles. The smallest absolute Gasteiger partial charge is 0.191 e. The lowest BCUT2D eigenvalue weighted by molar-refractivity contribution is 0.705. The van der Waals surface area contributed by atoms with E-state index in [9.17, 15) is 0 Å². The van der Waals surface area contributed by atoms with Gasteiger partial charge in [0.15, 0.2) is 5.96 Å². The van der Waals surface area contributed by atoms with Crippen LogP contribution in [0.5, 0.6) is 0 Å². The number of aliphatic imine (C=N–C) groups is 1. The Bertz CT molecular complexity index is 443. The van der Waals surface area contributed by atoms with E-state index < -0.39 is 0 Å². The third kappa shape index (κ3) is 4.50. The first-order valence-electron chi connectivity index (χ1n) is 6.12. The summed E-state index contributed by atoms with van der Waals surface area (Å²) in [6.07, 6.45) is 5.20. The SMILES string of the molecule is C#CCNC(=NC)NCC(C)c1cccc(C)c1. The summed E-state index contributed by atoms with van der Waals surface area (Å²) in [6.45, 7) is 5.61. The van der Waals surface area contributed by atoms with Crippen molar-refractivity contribution in [2.75, 3.05) is 20.1 Å². The molecule has 3 heteroatoms. The van der Waals surface area contributed by atoms with Gasteiger partial charge in [0.1, 0.15) is 0 Å². The molecule has 0 spiro atoms. The topological polar surface area (TPSA) is 36.4 Å². The molecule has 0 radical (unpaired) electrons. The molecule has 0 aliphatic heterocycles. The number of terminal acetylenes is 1. The van der Waals surface area contributed by atoms with Gasteiger partial charge in [0.2, 0.25) is 0 Å². The maximum atomic E-state index is 5.20. The Hall–Kier alpha value is -1.95. The van der Waals surface area contributed by atoms with Crippen molar-refractivity contribution in [3.8, 4) is 12.3 Å². The molecule has 1 rings (SSSR count). The second-order valence-electron chi connectivity index (χ2n) is 4.33. The molecule has 0 amide bonds. The number of aryl methyl sites for hydroxylation is 1. The van der Waals surface area contributed by atoms with E-state index in [0.29, 0.717) is 12.5 Å². The molecule has 1 atom stereocenters. The van der Waals surface area contributed by atoms with Crippen molar-refractivity contribution in [1.29, 1.82) is 0 Å². The molecule has 0 fully saturated rings. The molecule has 18 heavy (non-hydrogen) atoms. The van der Waals surface area contributed by atoms with Gasteiger partial charge in [0.05, 0.1) is 6.54 Å². The number of benzene rings is 1. The van der Waals surface area contributed by atoms with E-state index in [0.717, 1.165) is 12.5 Å². The molecule has 0 aliphatic rings.